The van der Waals surface area contributed by atoms with Crippen LogP contribution in [0.2, 0.25) is 0 Å². The molecule has 9 heteroatoms. The van der Waals surface area contributed by atoms with Gasteiger partial charge in [0.1, 0.15) is 0 Å². The van der Waals surface area contributed by atoms with Crippen molar-refractivity contribution in [3.63, 3.8) is 0 Å². The molecule has 2 N–H and O–H groups in total. The van der Waals surface area contributed by atoms with Crippen LogP contribution >= 0.6 is 0 Å². The van der Waals surface area contributed by atoms with Gasteiger partial charge in [-0.05, 0) is 42.8 Å². The molecule has 0 bridgehead atoms. The van der Waals surface area contributed by atoms with E-state index in [1.165, 1.54) is 24.3 Å². The van der Waals surface area contributed by atoms with Crippen LogP contribution in [0, 0.1) is 17.0 Å². The van der Waals surface area contributed by atoms with Crippen molar-refractivity contribution < 1.29 is 18.1 Å². The van der Waals surface area contributed by atoms with Gasteiger partial charge < -0.3 is 5.32 Å². The lowest BCUT2D eigenvalue weighted by Crippen LogP contribution is -2.19. The number of nitro groups is 1. The van der Waals surface area contributed by atoms with Gasteiger partial charge in [-0.1, -0.05) is 36.4 Å². The van der Waals surface area contributed by atoms with Crippen molar-refractivity contribution in [1.82, 2.24) is 0 Å². The third-order valence-electron chi connectivity index (χ3n) is 4.04. The summed E-state index contributed by atoms with van der Waals surface area (Å²) >= 11 is 0. The lowest BCUT2D eigenvalue weighted by atomic mass is 10.1. The minimum absolute atomic E-state index is 0.0100. The Morgan fingerprint density at radius 1 is 0.966 bits per heavy atom. The third-order valence-corrected chi connectivity index (χ3v) is 5.46. The number of rotatable bonds is 6. The number of sulfonamides is 1. The molecule has 0 unspecified atom stereocenters. The van der Waals surface area contributed by atoms with E-state index >= 15 is 0 Å². The van der Waals surface area contributed by atoms with Crippen molar-refractivity contribution in [3.05, 3.63) is 94.0 Å². The van der Waals surface area contributed by atoms with Crippen LogP contribution in [0.3, 0.4) is 0 Å². The Bertz CT molecular complexity index is 1190. The van der Waals surface area contributed by atoms with Crippen LogP contribution in [0.25, 0.3) is 0 Å². The number of carbonyl (C=O) groups excluding carboxylic acids is 1. The molecule has 0 heterocycles. The molecule has 8 nitrogen and oxygen atoms in total. The predicted molar refractivity (Wildman–Crippen MR) is 109 cm³/mol. The summed E-state index contributed by atoms with van der Waals surface area (Å²) in [5.41, 5.74) is 1.05. The molecule has 0 saturated heterocycles. The molecule has 0 fully saturated rings. The van der Waals surface area contributed by atoms with E-state index in [1.807, 2.05) is 13.0 Å². The zero-order chi connectivity index (χ0) is 21.0. The summed E-state index contributed by atoms with van der Waals surface area (Å²) in [6.45, 7) is 1.88. The number of carbonyl (C=O) groups is 1. The molecule has 0 atom stereocenters. The Labute approximate surface area is 167 Å². The Hall–Kier alpha value is -3.72. The number of anilines is 2. The average molecular weight is 411 g/mol. The molecule has 0 aliphatic carbocycles. The number of nitro benzene ring substituents is 1. The Balaban J connectivity index is 1.93. The summed E-state index contributed by atoms with van der Waals surface area (Å²) in [4.78, 5) is 22.6. The molecule has 0 radical (unpaired) electrons. The second-order valence-electron chi connectivity index (χ2n) is 6.20. The molecule has 0 spiro atoms. The van der Waals surface area contributed by atoms with Crippen molar-refractivity contribution in [1.29, 1.82) is 0 Å². The monoisotopic (exact) mass is 411 g/mol. The molecule has 0 aromatic heterocycles. The maximum atomic E-state index is 12.8. The smallest absolute Gasteiger partial charge is 0.289 e. The molecule has 0 aliphatic heterocycles. The number of hydrogen-bond donors (Lipinski definition) is 2. The van der Waals surface area contributed by atoms with Crippen LogP contribution in [-0.2, 0) is 10.0 Å². The summed E-state index contributed by atoms with van der Waals surface area (Å²) in [7, 11) is -4.30. The highest BCUT2D eigenvalue weighted by Gasteiger charge is 2.26. The first-order valence-corrected chi connectivity index (χ1v) is 9.99. The van der Waals surface area contributed by atoms with E-state index in [2.05, 4.69) is 10.0 Å². The summed E-state index contributed by atoms with van der Waals surface area (Å²) in [5, 5.41) is 13.9. The van der Waals surface area contributed by atoms with Gasteiger partial charge >= 0.3 is 0 Å². The fourth-order valence-electron chi connectivity index (χ4n) is 2.73. The molecular formula is C20H17N3O5S. The van der Waals surface area contributed by atoms with Crippen molar-refractivity contribution >= 4 is 33.0 Å². The zero-order valence-corrected chi connectivity index (χ0v) is 16.1. The normalized spacial score (nSPS) is 10.9. The van der Waals surface area contributed by atoms with Crippen LogP contribution in [-0.4, -0.2) is 19.2 Å². The second-order valence-corrected chi connectivity index (χ2v) is 7.85. The van der Waals surface area contributed by atoms with Gasteiger partial charge in [-0.25, -0.2) is 8.42 Å². The van der Waals surface area contributed by atoms with Gasteiger partial charge in [-0.15, -0.1) is 0 Å². The molecule has 3 aromatic carbocycles. The quantitative estimate of drug-likeness (QED) is 0.470. The molecule has 3 rings (SSSR count). The zero-order valence-electron chi connectivity index (χ0n) is 15.3. The predicted octanol–water partition coefficient (Wildman–Crippen LogP) is 3.96. The molecule has 3 aromatic rings. The summed E-state index contributed by atoms with van der Waals surface area (Å²) in [6, 6.07) is 18.2. The van der Waals surface area contributed by atoms with Gasteiger partial charge in [0, 0.05) is 11.8 Å². The van der Waals surface area contributed by atoms with Crippen LogP contribution in [0.15, 0.2) is 77.7 Å². The third kappa shape index (κ3) is 4.58. The van der Waals surface area contributed by atoms with E-state index in [9.17, 15) is 23.3 Å². The standard InChI is InChI=1S/C20H17N3O5S/c1-14-7-6-8-15(13-14)21-20(24)16-9-2-3-10-17(16)22-29(27,28)19-12-5-4-11-18(19)23(25)26/h2-13,22H,1H3,(H,21,24). The number of amides is 1. The molecule has 0 aliphatic rings. The number of hydrogen-bond acceptors (Lipinski definition) is 5. The molecule has 148 valence electrons. The van der Waals surface area contributed by atoms with Gasteiger partial charge in [0.25, 0.3) is 21.6 Å². The SMILES string of the molecule is Cc1cccc(NC(=O)c2ccccc2NS(=O)(=O)c2ccccc2[N+](=O)[O-])c1. The second kappa shape index (κ2) is 8.11. The molecule has 0 saturated carbocycles. The Kier molecular flexibility index (Phi) is 5.60. The van der Waals surface area contributed by atoms with E-state index in [0.29, 0.717) is 5.69 Å². The number of para-hydroxylation sites is 2. The maximum absolute atomic E-state index is 12.8. The molecular weight excluding hydrogens is 394 g/mol. The summed E-state index contributed by atoms with van der Waals surface area (Å²) in [5.74, 6) is -0.517. The molecule has 29 heavy (non-hydrogen) atoms. The van der Waals surface area contributed by atoms with E-state index in [0.717, 1.165) is 17.7 Å². The van der Waals surface area contributed by atoms with Gasteiger partial charge in [0.15, 0.2) is 4.90 Å². The van der Waals surface area contributed by atoms with Gasteiger partial charge in [0.2, 0.25) is 0 Å². The molecule has 1 amide bonds. The number of nitrogens with one attached hydrogen (secondary N) is 2. The highest BCUT2D eigenvalue weighted by Crippen LogP contribution is 2.27. The van der Waals surface area contributed by atoms with E-state index in [-0.39, 0.29) is 11.3 Å². The van der Waals surface area contributed by atoms with E-state index in [4.69, 9.17) is 0 Å². The van der Waals surface area contributed by atoms with Crippen molar-refractivity contribution in [2.24, 2.45) is 0 Å². The van der Waals surface area contributed by atoms with Crippen molar-refractivity contribution in [2.75, 3.05) is 10.0 Å². The first-order valence-electron chi connectivity index (χ1n) is 8.51. The van der Waals surface area contributed by atoms with E-state index in [1.54, 1.807) is 30.3 Å². The maximum Gasteiger partial charge on any atom is 0.289 e. The van der Waals surface area contributed by atoms with Crippen LogP contribution in [0.5, 0.6) is 0 Å². The highest BCUT2D eigenvalue weighted by atomic mass is 32.2. The lowest BCUT2D eigenvalue weighted by Gasteiger charge is -2.13. The van der Waals surface area contributed by atoms with Gasteiger partial charge in [0.05, 0.1) is 16.2 Å². The lowest BCUT2D eigenvalue weighted by molar-refractivity contribution is -0.387. The number of benzene rings is 3. The average Bonchev–Trinajstić information content (AvgIpc) is 2.68. The van der Waals surface area contributed by atoms with Crippen LogP contribution in [0.4, 0.5) is 17.1 Å². The van der Waals surface area contributed by atoms with Crippen LogP contribution in [0.1, 0.15) is 15.9 Å². The summed E-state index contributed by atoms with van der Waals surface area (Å²) in [6.07, 6.45) is 0. The Morgan fingerprint density at radius 3 is 2.38 bits per heavy atom. The largest absolute Gasteiger partial charge is 0.322 e. The Morgan fingerprint density at radius 2 is 1.66 bits per heavy atom. The van der Waals surface area contributed by atoms with Gasteiger partial charge in [-0.2, -0.15) is 0 Å². The number of nitrogens with zero attached hydrogens (tertiary/aromatic N) is 1. The fraction of sp³-hybridized carbons (Fsp3) is 0.0500. The minimum atomic E-state index is -4.30. The fourth-order valence-corrected chi connectivity index (χ4v) is 3.98. The first-order chi connectivity index (χ1) is 13.8. The highest BCUT2D eigenvalue weighted by molar-refractivity contribution is 7.92. The van der Waals surface area contributed by atoms with Crippen molar-refractivity contribution in [2.45, 2.75) is 11.8 Å². The van der Waals surface area contributed by atoms with Crippen LogP contribution < -0.4 is 10.0 Å². The first kappa shape index (κ1) is 20.0. The van der Waals surface area contributed by atoms with E-state index < -0.39 is 31.4 Å². The minimum Gasteiger partial charge on any atom is -0.322 e. The number of aryl methyl sites for hydroxylation is 1. The van der Waals surface area contributed by atoms with Crippen molar-refractivity contribution in [3.8, 4) is 0 Å². The topological polar surface area (TPSA) is 118 Å². The van der Waals surface area contributed by atoms with Gasteiger partial charge in [-0.3, -0.25) is 19.6 Å². The summed E-state index contributed by atoms with van der Waals surface area (Å²) < 4.78 is 27.8.